The summed E-state index contributed by atoms with van der Waals surface area (Å²) in [7, 11) is 0. The number of ether oxygens (including phenoxy) is 2. The molecule has 1 aliphatic heterocycles. The standard InChI is InChI=1S/C25H19ClN2O5S2/c1-2-32-22-13-16(7-12-21(22)33-15-17-5-3-4-6-20(17)26)14-23-24(29)27(25(34)35-23)18-8-10-19(11-9-18)28(30)31/h3-14H,2,15H2,1H3/b23-14-. The molecule has 0 unspecified atom stereocenters. The molecule has 0 radical (unpaired) electrons. The molecule has 1 fully saturated rings. The number of carbonyl (C=O) groups is 1. The van der Waals surface area contributed by atoms with E-state index in [0.29, 0.717) is 38.0 Å². The van der Waals surface area contributed by atoms with E-state index in [4.69, 9.17) is 33.3 Å². The van der Waals surface area contributed by atoms with Gasteiger partial charge < -0.3 is 9.47 Å². The summed E-state index contributed by atoms with van der Waals surface area (Å²) in [5.41, 5.74) is 2.01. The zero-order valence-electron chi connectivity index (χ0n) is 18.5. The summed E-state index contributed by atoms with van der Waals surface area (Å²) in [6, 6.07) is 18.5. The molecule has 1 aliphatic rings. The van der Waals surface area contributed by atoms with E-state index in [1.807, 2.05) is 31.2 Å². The molecular formula is C25H19ClN2O5S2. The summed E-state index contributed by atoms with van der Waals surface area (Å²) in [6.07, 6.45) is 1.73. The van der Waals surface area contributed by atoms with Crippen LogP contribution in [0.1, 0.15) is 18.1 Å². The second-order valence-electron chi connectivity index (χ2n) is 7.31. The van der Waals surface area contributed by atoms with Crippen molar-refractivity contribution in [1.82, 2.24) is 0 Å². The summed E-state index contributed by atoms with van der Waals surface area (Å²) in [4.78, 5) is 25.3. The molecule has 0 atom stereocenters. The fourth-order valence-electron chi connectivity index (χ4n) is 3.34. The normalized spacial score (nSPS) is 14.5. The first-order valence-corrected chi connectivity index (χ1v) is 12.1. The Bertz CT molecular complexity index is 1330. The lowest BCUT2D eigenvalue weighted by molar-refractivity contribution is -0.384. The minimum Gasteiger partial charge on any atom is -0.490 e. The number of halogens is 1. The summed E-state index contributed by atoms with van der Waals surface area (Å²) in [5, 5.41) is 11.5. The van der Waals surface area contributed by atoms with E-state index < -0.39 is 4.92 Å². The number of benzene rings is 3. The van der Waals surface area contributed by atoms with E-state index in [0.717, 1.165) is 22.9 Å². The van der Waals surface area contributed by atoms with Crippen LogP contribution in [0.15, 0.2) is 71.6 Å². The summed E-state index contributed by atoms with van der Waals surface area (Å²) in [5.74, 6) is 0.798. The number of nitro benzene ring substituents is 1. The lowest BCUT2D eigenvalue weighted by Gasteiger charge is -2.14. The average Bonchev–Trinajstić information content (AvgIpc) is 3.12. The third-order valence-corrected chi connectivity index (χ3v) is 6.69. The highest BCUT2D eigenvalue weighted by Crippen LogP contribution is 2.38. The number of thioether (sulfide) groups is 1. The number of rotatable bonds is 8. The first kappa shape index (κ1) is 24.7. The molecule has 4 rings (SSSR count). The number of nitrogens with zero attached hydrogens (tertiary/aromatic N) is 2. The highest BCUT2D eigenvalue weighted by atomic mass is 35.5. The number of amides is 1. The highest BCUT2D eigenvalue weighted by molar-refractivity contribution is 8.27. The summed E-state index contributed by atoms with van der Waals surface area (Å²) < 4.78 is 12.0. The van der Waals surface area contributed by atoms with Gasteiger partial charge in [-0.15, -0.1) is 0 Å². The Morgan fingerprint density at radius 3 is 2.51 bits per heavy atom. The first-order chi connectivity index (χ1) is 16.9. The molecule has 10 heteroatoms. The monoisotopic (exact) mass is 526 g/mol. The minimum atomic E-state index is -0.494. The van der Waals surface area contributed by atoms with Crippen LogP contribution in [-0.4, -0.2) is 21.8 Å². The molecule has 0 aromatic heterocycles. The maximum Gasteiger partial charge on any atom is 0.270 e. The van der Waals surface area contributed by atoms with E-state index in [9.17, 15) is 14.9 Å². The van der Waals surface area contributed by atoms with Gasteiger partial charge >= 0.3 is 0 Å². The van der Waals surface area contributed by atoms with Gasteiger partial charge in [-0.2, -0.15) is 0 Å². The Morgan fingerprint density at radius 1 is 1.09 bits per heavy atom. The molecule has 0 aliphatic carbocycles. The Labute approximate surface area is 216 Å². The Morgan fingerprint density at radius 2 is 1.83 bits per heavy atom. The van der Waals surface area contributed by atoms with Crippen molar-refractivity contribution < 1.29 is 19.2 Å². The van der Waals surface area contributed by atoms with Crippen LogP contribution in [0.2, 0.25) is 5.02 Å². The fourth-order valence-corrected chi connectivity index (χ4v) is 4.83. The molecule has 178 valence electrons. The van der Waals surface area contributed by atoms with Crippen molar-refractivity contribution in [2.75, 3.05) is 11.5 Å². The summed E-state index contributed by atoms with van der Waals surface area (Å²) >= 11 is 12.8. The van der Waals surface area contributed by atoms with Gasteiger partial charge in [-0.1, -0.05) is 59.8 Å². The lowest BCUT2D eigenvalue weighted by atomic mass is 10.1. The van der Waals surface area contributed by atoms with Gasteiger partial charge in [0, 0.05) is 22.7 Å². The maximum absolute atomic E-state index is 13.1. The number of hydrogen-bond acceptors (Lipinski definition) is 7. The third kappa shape index (κ3) is 5.64. The molecular weight excluding hydrogens is 508 g/mol. The van der Waals surface area contributed by atoms with Crippen molar-refractivity contribution in [3.05, 3.63) is 97.9 Å². The molecule has 3 aromatic carbocycles. The predicted octanol–water partition coefficient (Wildman–Crippen LogP) is 6.63. The van der Waals surface area contributed by atoms with Crippen LogP contribution < -0.4 is 14.4 Å². The molecule has 1 saturated heterocycles. The molecule has 0 N–H and O–H groups in total. The molecule has 7 nitrogen and oxygen atoms in total. The van der Waals surface area contributed by atoms with Crippen molar-refractivity contribution in [2.24, 2.45) is 0 Å². The third-order valence-electron chi connectivity index (χ3n) is 5.02. The van der Waals surface area contributed by atoms with Crippen LogP contribution >= 0.6 is 35.6 Å². The van der Waals surface area contributed by atoms with Crippen molar-refractivity contribution in [3.63, 3.8) is 0 Å². The minimum absolute atomic E-state index is 0.0602. The smallest absolute Gasteiger partial charge is 0.270 e. The molecule has 0 bridgehead atoms. The van der Waals surface area contributed by atoms with Crippen LogP contribution in [0.5, 0.6) is 11.5 Å². The van der Waals surface area contributed by atoms with E-state index in [2.05, 4.69) is 0 Å². The van der Waals surface area contributed by atoms with Crippen molar-refractivity contribution in [3.8, 4) is 11.5 Å². The van der Waals surface area contributed by atoms with Gasteiger partial charge in [0.15, 0.2) is 15.8 Å². The topological polar surface area (TPSA) is 81.9 Å². The SMILES string of the molecule is CCOc1cc(/C=C2\SC(=S)N(c3ccc([N+](=O)[O-])cc3)C2=O)ccc1OCc1ccccc1Cl. The maximum atomic E-state index is 13.1. The second-order valence-corrected chi connectivity index (χ2v) is 9.39. The fraction of sp³-hybridized carbons (Fsp3) is 0.120. The summed E-state index contributed by atoms with van der Waals surface area (Å²) in [6.45, 7) is 2.60. The van der Waals surface area contributed by atoms with Gasteiger partial charge in [0.1, 0.15) is 6.61 Å². The molecule has 0 saturated carbocycles. The Hall–Kier alpha value is -3.40. The van der Waals surface area contributed by atoms with E-state index in [-0.39, 0.29) is 18.2 Å². The van der Waals surface area contributed by atoms with Crippen molar-refractivity contribution in [2.45, 2.75) is 13.5 Å². The number of non-ortho nitro benzene ring substituents is 1. The molecule has 0 spiro atoms. The quantitative estimate of drug-likeness (QED) is 0.141. The predicted molar refractivity (Wildman–Crippen MR) is 142 cm³/mol. The van der Waals surface area contributed by atoms with Crippen molar-refractivity contribution in [1.29, 1.82) is 0 Å². The average molecular weight is 527 g/mol. The molecule has 35 heavy (non-hydrogen) atoms. The lowest BCUT2D eigenvalue weighted by Crippen LogP contribution is -2.27. The number of hydrogen-bond donors (Lipinski definition) is 0. The van der Waals surface area contributed by atoms with Gasteiger partial charge in [-0.25, -0.2) is 0 Å². The van der Waals surface area contributed by atoms with Crippen LogP contribution in [-0.2, 0) is 11.4 Å². The highest BCUT2D eigenvalue weighted by Gasteiger charge is 2.33. The first-order valence-electron chi connectivity index (χ1n) is 10.5. The van der Waals surface area contributed by atoms with Crippen LogP contribution in [0.4, 0.5) is 11.4 Å². The van der Waals surface area contributed by atoms with Crippen LogP contribution in [0, 0.1) is 10.1 Å². The van der Waals surface area contributed by atoms with E-state index in [1.54, 1.807) is 24.3 Å². The van der Waals surface area contributed by atoms with Crippen LogP contribution in [0.3, 0.4) is 0 Å². The number of nitro groups is 1. The molecule has 1 amide bonds. The van der Waals surface area contributed by atoms with Gasteiger partial charge in [-0.3, -0.25) is 19.8 Å². The van der Waals surface area contributed by atoms with Crippen LogP contribution in [0.25, 0.3) is 6.08 Å². The Balaban J connectivity index is 1.55. The molecule has 1 heterocycles. The van der Waals surface area contributed by atoms with Gasteiger partial charge in [0.05, 0.1) is 22.1 Å². The molecule has 3 aromatic rings. The van der Waals surface area contributed by atoms with E-state index in [1.165, 1.54) is 29.2 Å². The zero-order valence-corrected chi connectivity index (χ0v) is 20.9. The zero-order chi connectivity index (χ0) is 24.9. The second kappa shape index (κ2) is 10.9. The van der Waals surface area contributed by atoms with Crippen molar-refractivity contribution >= 4 is 63.3 Å². The van der Waals surface area contributed by atoms with Gasteiger partial charge in [0.2, 0.25) is 0 Å². The van der Waals surface area contributed by atoms with E-state index >= 15 is 0 Å². The Kier molecular flexibility index (Phi) is 7.70. The number of thiocarbonyl (C=S) groups is 1. The van der Waals surface area contributed by atoms with Gasteiger partial charge in [-0.05, 0) is 48.9 Å². The largest absolute Gasteiger partial charge is 0.490 e. The number of anilines is 1. The number of carbonyl (C=O) groups excluding carboxylic acids is 1. The van der Waals surface area contributed by atoms with Gasteiger partial charge in [0.25, 0.3) is 11.6 Å².